The Balaban J connectivity index is 1.83. The van der Waals surface area contributed by atoms with Gasteiger partial charge in [0.25, 0.3) is 0 Å². The van der Waals surface area contributed by atoms with Crippen molar-refractivity contribution in [3.8, 4) is 11.4 Å². The van der Waals surface area contributed by atoms with Gasteiger partial charge in [0.2, 0.25) is 0 Å². The van der Waals surface area contributed by atoms with E-state index in [4.69, 9.17) is 0 Å². The first-order valence-corrected chi connectivity index (χ1v) is 11.1. The van der Waals surface area contributed by atoms with Gasteiger partial charge in [0.1, 0.15) is 22.5 Å². The van der Waals surface area contributed by atoms with Crippen LogP contribution in [0, 0.1) is 0 Å². The zero-order chi connectivity index (χ0) is 20.9. The molecule has 0 fully saturated rings. The number of aromatic hydroxyl groups is 1. The van der Waals surface area contributed by atoms with Crippen molar-refractivity contribution < 1.29 is 5.11 Å². The number of phenolic OH excluding ortho intramolecular Hbond substituents is 1. The van der Waals surface area contributed by atoms with Crippen LogP contribution in [0.1, 0.15) is 83.8 Å². The maximum Gasteiger partial charge on any atom is 0.146 e. The smallest absolute Gasteiger partial charge is 0.146 e. The highest BCUT2D eigenvalue weighted by molar-refractivity contribution is 5.73. The summed E-state index contributed by atoms with van der Waals surface area (Å²) in [5.74, 6) is 0.279. The van der Waals surface area contributed by atoms with Gasteiger partial charge < -0.3 is 5.11 Å². The molecule has 0 saturated carbocycles. The van der Waals surface area contributed by atoms with Crippen molar-refractivity contribution in [2.24, 2.45) is 0 Å². The standard InChI is InChI=1S/C25H35N3O/c1-5-6-7-8-9-10-11-14-19-17-20(25(2,3)4)24(29)23(18-19)28-26-21-15-12-13-16-22(21)27-28/h12-13,15-18,29H,5-11,14H2,1-4H3. The Morgan fingerprint density at radius 1 is 0.862 bits per heavy atom. The highest BCUT2D eigenvalue weighted by Gasteiger charge is 2.23. The second-order valence-electron chi connectivity index (χ2n) is 9.11. The molecule has 0 spiro atoms. The molecule has 156 valence electrons. The van der Waals surface area contributed by atoms with Crippen LogP contribution in [0.2, 0.25) is 0 Å². The molecule has 4 heteroatoms. The van der Waals surface area contributed by atoms with E-state index in [0.29, 0.717) is 5.69 Å². The van der Waals surface area contributed by atoms with E-state index in [1.54, 1.807) is 4.80 Å². The van der Waals surface area contributed by atoms with Crippen LogP contribution in [0.25, 0.3) is 16.7 Å². The van der Waals surface area contributed by atoms with E-state index in [1.807, 2.05) is 24.3 Å². The summed E-state index contributed by atoms with van der Waals surface area (Å²) in [6, 6.07) is 12.0. The van der Waals surface area contributed by atoms with Gasteiger partial charge in [-0.3, -0.25) is 0 Å². The first-order valence-electron chi connectivity index (χ1n) is 11.1. The zero-order valence-electron chi connectivity index (χ0n) is 18.4. The van der Waals surface area contributed by atoms with Crippen LogP contribution in [-0.2, 0) is 11.8 Å². The molecule has 0 saturated heterocycles. The number of rotatable bonds is 9. The summed E-state index contributed by atoms with van der Waals surface area (Å²) in [5, 5.41) is 20.2. The lowest BCUT2D eigenvalue weighted by atomic mass is 9.84. The molecule has 0 aliphatic heterocycles. The summed E-state index contributed by atoms with van der Waals surface area (Å²) in [6.07, 6.45) is 10.1. The Morgan fingerprint density at radius 2 is 1.45 bits per heavy atom. The van der Waals surface area contributed by atoms with Gasteiger partial charge in [0.15, 0.2) is 0 Å². The van der Waals surface area contributed by atoms with Gasteiger partial charge in [-0.1, -0.05) is 84.4 Å². The van der Waals surface area contributed by atoms with E-state index in [1.165, 1.54) is 50.5 Å². The first-order chi connectivity index (χ1) is 13.9. The molecule has 2 aromatic carbocycles. The summed E-state index contributed by atoms with van der Waals surface area (Å²) in [6.45, 7) is 8.66. The van der Waals surface area contributed by atoms with Gasteiger partial charge in [-0.05, 0) is 42.0 Å². The Hall–Kier alpha value is -2.36. The SMILES string of the molecule is CCCCCCCCCc1cc(-n2nc3ccccc3n2)c(O)c(C(C)(C)C)c1. The first kappa shape index (κ1) is 21.4. The molecule has 0 aliphatic carbocycles. The zero-order valence-corrected chi connectivity index (χ0v) is 18.4. The third kappa shape index (κ3) is 5.37. The maximum absolute atomic E-state index is 11.0. The van der Waals surface area contributed by atoms with Crippen molar-refractivity contribution in [3.05, 3.63) is 47.5 Å². The number of hydrogen-bond acceptors (Lipinski definition) is 3. The summed E-state index contributed by atoms with van der Waals surface area (Å²) < 4.78 is 0. The fourth-order valence-corrected chi connectivity index (χ4v) is 3.80. The van der Waals surface area contributed by atoms with E-state index in [2.05, 4.69) is 50.0 Å². The molecule has 0 radical (unpaired) electrons. The Kier molecular flexibility index (Phi) is 6.94. The largest absolute Gasteiger partial charge is 0.505 e. The topological polar surface area (TPSA) is 50.9 Å². The molecule has 1 N–H and O–H groups in total. The van der Waals surface area contributed by atoms with E-state index >= 15 is 0 Å². The number of fused-ring (bicyclic) bond motifs is 1. The second kappa shape index (κ2) is 9.43. The highest BCUT2D eigenvalue weighted by Crippen LogP contribution is 2.36. The van der Waals surface area contributed by atoms with Gasteiger partial charge in [0.05, 0.1) is 0 Å². The molecule has 0 bridgehead atoms. The highest BCUT2D eigenvalue weighted by atomic mass is 16.3. The van der Waals surface area contributed by atoms with E-state index < -0.39 is 0 Å². The predicted octanol–water partition coefficient (Wildman–Crippen LogP) is 6.72. The minimum atomic E-state index is -0.151. The molecule has 29 heavy (non-hydrogen) atoms. The monoisotopic (exact) mass is 393 g/mol. The third-order valence-corrected chi connectivity index (χ3v) is 5.53. The van der Waals surface area contributed by atoms with Crippen LogP contribution in [0.4, 0.5) is 0 Å². The molecule has 0 atom stereocenters. The van der Waals surface area contributed by atoms with Gasteiger partial charge in [-0.15, -0.1) is 15.0 Å². The second-order valence-corrected chi connectivity index (χ2v) is 9.11. The Bertz CT molecular complexity index is 904. The fraction of sp³-hybridized carbons (Fsp3) is 0.520. The molecule has 3 rings (SSSR count). The summed E-state index contributed by atoms with van der Waals surface area (Å²) in [7, 11) is 0. The van der Waals surface area contributed by atoms with Crippen molar-refractivity contribution >= 4 is 11.0 Å². The van der Waals surface area contributed by atoms with Gasteiger partial charge >= 0.3 is 0 Å². The lowest BCUT2D eigenvalue weighted by Gasteiger charge is -2.23. The lowest BCUT2D eigenvalue weighted by molar-refractivity contribution is 0.440. The molecule has 0 amide bonds. The molecular weight excluding hydrogens is 358 g/mol. The number of benzene rings is 2. The fourth-order valence-electron chi connectivity index (χ4n) is 3.80. The molecular formula is C25H35N3O. The van der Waals surface area contributed by atoms with E-state index in [9.17, 15) is 5.11 Å². The van der Waals surface area contributed by atoms with Gasteiger partial charge in [-0.25, -0.2) is 0 Å². The Morgan fingerprint density at radius 3 is 2.03 bits per heavy atom. The van der Waals surface area contributed by atoms with Crippen molar-refractivity contribution in [2.45, 2.75) is 84.5 Å². The normalized spacial score (nSPS) is 12.0. The van der Waals surface area contributed by atoms with Crippen molar-refractivity contribution in [1.29, 1.82) is 0 Å². The average Bonchev–Trinajstić information content (AvgIpc) is 3.11. The number of nitrogens with zero attached hydrogens (tertiary/aromatic N) is 3. The quantitative estimate of drug-likeness (QED) is 0.411. The lowest BCUT2D eigenvalue weighted by Crippen LogP contribution is -2.14. The molecule has 1 heterocycles. The molecule has 0 aliphatic rings. The van der Waals surface area contributed by atoms with E-state index in [-0.39, 0.29) is 11.2 Å². The maximum atomic E-state index is 11.0. The Labute approximate surface area is 175 Å². The van der Waals surface area contributed by atoms with Crippen LogP contribution in [0.15, 0.2) is 36.4 Å². The number of aromatic nitrogens is 3. The van der Waals surface area contributed by atoms with Gasteiger partial charge in [-0.2, -0.15) is 0 Å². The van der Waals surface area contributed by atoms with Crippen LogP contribution >= 0.6 is 0 Å². The summed E-state index contributed by atoms with van der Waals surface area (Å²) >= 11 is 0. The van der Waals surface area contributed by atoms with Crippen LogP contribution in [0.5, 0.6) is 5.75 Å². The minimum absolute atomic E-state index is 0.151. The van der Waals surface area contributed by atoms with Crippen molar-refractivity contribution in [3.63, 3.8) is 0 Å². The number of phenols is 1. The van der Waals surface area contributed by atoms with Crippen LogP contribution in [-0.4, -0.2) is 20.1 Å². The molecule has 0 unspecified atom stereocenters. The summed E-state index contributed by atoms with van der Waals surface area (Å²) in [4.78, 5) is 1.59. The van der Waals surface area contributed by atoms with Crippen LogP contribution in [0.3, 0.4) is 0 Å². The van der Waals surface area contributed by atoms with Crippen LogP contribution < -0.4 is 0 Å². The average molecular weight is 394 g/mol. The molecule has 1 aromatic heterocycles. The van der Waals surface area contributed by atoms with E-state index in [0.717, 1.165) is 23.0 Å². The predicted molar refractivity (Wildman–Crippen MR) is 121 cm³/mol. The third-order valence-electron chi connectivity index (χ3n) is 5.53. The number of hydrogen-bond donors (Lipinski definition) is 1. The molecule has 3 aromatic rings. The number of aryl methyl sites for hydroxylation is 1. The summed E-state index contributed by atoms with van der Waals surface area (Å²) in [5.41, 5.74) is 4.39. The van der Waals surface area contributed by atoms with Crippen molar-refractivity contribution in [1.82, 2.24) is 15.0 Å². The number of unbranched alkanes of at least 4 members (excludes halogenated alkanes) is 6. The minimum Gasteiger partial charge on any atom is -0.505 e. The van der Waals surface area contributed by atoms with Crippen molar-refractivity contribution in [2.75, 3.05) is 0 Å². The van der Waals surface area contributed by atoms with Gasteiger partial charge in [0, 0.05) is 5.56 Å². The molecule has 4 nitrogen and oxygen atoms in total.